The fraction of sp³-hybridized carbons (Fsp3) is 1.00. The van der Waals surface area contributed by atoms with Crippen LogP contribution < -0.4 is 0 Å². The molecule has 0 unspecified atom stereocenters. The second kappa shape index (κ2) is 4.96. The molecule has 0 saturated heterocycles. The van der Waals surface area contributed by atoms with Gasteiger partial charge in [0, 0.05) is 0 Å². The fourth-order valence-corrected chi connectivity index (χ4v) is 0. The average Bonchev–Trinajstić information content (AvgIpc) is 0.811. The molecule has 0 saturated carbocycles. The van der Waals surface area contributed by atoms with E-state index >= 15 is 0 Å². The molecule has 0 aromatic heterocycles. The topological polar surface area (TPSA) is 3.24 Å². The van der Waals surface area contributed by atoms with E-state index < -0.39 is 0 Å². The minimum atomic E-state index is 0. The van der Waals surface area contributed by atoms with Crippen LogP contribution in [0.5, 0.6) is 0 Å². The Morgan fingerprint density at radius 3 is 1.00 bits per heavy atom. The van der Waals surface area contributed by atoms with Crippen molar-refractivity contribution in [1.82, 2.24) is 4.90 Å². The summed E-state index contributed by atoms with van der Waals surface area (Å²) in [7, 11) is 6.00. The molecule has 0 spiro atoms. The summed E-state index contributed by atoms with van der Waals surface area (Å²) in [6, 6.07) is 0. The van der Waals surface area contributed by atoms with E-state index in [1.807, 2.05) is 26.0 Å². The monoisotopic (exact) mass is 83.1 g/mol. The van der Waals surface area contributed by atoms with Gasteiger partial charge in [-0.05, 0) is 21.1 Å². The molecule has 28 valence electrons. The van der Waals surface area contributed by atoms with Crippen molar-refractivity contribution in [2.45, 2.75) is 0 Å². The SMILES string of the molecule is CN(C)C.[NaH]. The Morgan fingerprint density at radius 1 is 1.00 bits per heavy atom. The molecule has 0 aliphatic carbocycles. The van der Waals surface area contributed by atoms with Crippen molar-refractivity contribution in [2.24, 2.45) is 0 Å². The van der Waals surface area contributed by atoms with Crippen LogP contribution in [0.3, 0.4) is 0 Å². The van der Waals surface area contributed by atoms with Gasteiger partial charge in [-0.2, -0.15) is 0 Å². The first-order valence-electron chi connectivity index (χ1n) is 1.34. The second-order valence-corrected chi connectivity index (χ2v) is 1.34. The molecule has 0 radical (unpaired) electrons. The Bertz CT molecular complexity index is 11.6. The van der Waals surface area contributed by atoms with Gasteiger partial charge in [0.2, 0.25) is 0 Å². The van der Waals surface area contributed by atoms with Gasteiger partial charge in [0.15, 0.2) is 0 Å². The molecule has 2 heteroatoms. The van der Waals surface area contributed by atoms with Crippen molar-refractivity contribution in [3.63, 3.8) is 0 Å². The molecule has 0 atom stereocenters. The number of nitrogens with zero attached hydrogens (tertiary/aromatic N) is 1. The standard InChI is InChI=1S/C3H9N.Na.H/c1-4(2)3;;/h1-3H3;;. The Hall–Kier alpha value is 0.960. The van der Waals surface area contributed by atoms with Crippen LogP contribution in [0.2, 0.25) is 0 Å². The van der Waals surface area contributed by atoms with Gasteiger partial charge in [0.05, 0.1) is 0 Å². The predicted octanol–water partition coefficient (Wildman–Crippen LogP) is -0.471. The first-order chi connectivity index (χ1) is 1.73. The molecule has 1 nitrogen and oxygen atoms in total. The van der Waals surface area contributed by atoms with Crippen LogP contribution in [0.1, 0.15) is 0 Å². The zero-order valence-corrected chi connectivity index (χ0v) is 3.45. The van der Waals surface area contributed by atoms with Crippen LogP contribution in [-0.2, 0) is 0 Å². The first-order valence-corrected chi connectivity index (χ1v) is 1.34. The van der Waals surface area contributed by atoms with Gasteiger partial charge in [-0.3, -0.25) is 0 Å². The maximum atomic E-state index is 2.00. The Morgan fingerprint density at radius 2 is 1.00 bits per heavy atom. The van der Waals surface area contributed by atoms with Crippen LogP contribution in [0.4, 0.5) is 0 Å². The van der Waals surface area contributed by atoms with Gasteiger partial charge in [0.25, 0.3) is 0 Å². The third-order valence-electron chi connectivity index (χ3n) is 0. The summed E-state index contributed by atoms with van der Waals surface area (Å²) in [6.07, 6.45) is 0. The molecule has 0 N–H and O–H groups in total. The third-order valence-corrected chi connectivity index (χ3v) is 0. The third kappa shape index (κ3) is 47.2. The molecule has 0 amide bonds. The van der Waals surface area contributed by atoms with E-state index in [4.69, 9.17) is 0 Å². The number of hydrogen-bond acceptors (Lipinski definition) is 1. The van der Waals surface area contributed by atoms with Crippen LogP contribution in [0.15, 0.2) is 0 Å². The summed E-state index contributed by atoms with van der Waals surface area (Å²) in [6.45, 7) is 0. The molecular weight excluding hydrogens is 73.0 g/mol. The summed E-state index contributed by atoms with van der Waals surface area (Å²) in [5.41, 5.74) is 0. The average molecular weight is 83.1 g/mol. The molecule has 5 heavy (non-hydrogen) atoms. The fourth-order valence-electron chi connectivity index (χ4n) is 0. The van der Waals surface area contributed by atoms with Crippen LogP contribution in [0.25, 0.3) is 0 Å². The van der Waals surface area contributed by atoms with Crippen LogP contribution in [-0.4, -0.2) is 55.6 Å². The van der Waals surface area contributed by atoms with Crippen molar-refractivity contribution in [1.29, 1.82) is 0 Å². The van der Waals surface area contributed by atoms with Crippen LogP contribution >= 0.6 is 0 Å². The molecule has 0 aromatic rings. The zero-order valence-electron chi connectivity index (χ0n) is 3.45. The molecule has 0 aliphatic heterocycles. The van der Waals surface area contributed by atoms with E-state index in [2.05, 4.69) is 0 Å². The summed E-state index contributed by atoms with van der Waals surface area (Å²) < 4.78 is 0. The quantitative estimate of drug-likeness (QED) is 0.358. The van der Waals surface area contributed by atoms with E-state index in [9.17, 15) is 0 Å². The van der Waals surface area contributed by atoms with Gasteiger partial charge in [-0.15, -0.1) is 0 Å². The normalized spacial score (nSPS) is 7.20. The molecule has 0 aromatic carbocycles. The van der Waals surface area contributed by atoms with E-state index in [1.165, 1.54) is 0 Å². The molecule has 0 fully saturated rings. The van der Waals surface area contributed by atoms with Crippen molar-refractivity contribution in [3.8, 4) is 0 Å². The minimum absolute atomic E-state index is 0. The summed E-state index contributed by atoms with van der Waals surface area (Å²) >= 11 is 0. The molecular formula is C3H10NNa. The van der Waals surface area contributed by atoms with E-state index in [0.29, 0.717) is 0 Å². The van der Waals surface area contributed by atoms with Crippen LogP contribution in [0, 0.1) is 0 Å². The second-order valence-electron chi connectivity index (χ2n) is 1.34. The van der Waals surface area contributed by atoms with Gasteiger partial charge < -0.3 is 4.90 Å². The van der Waals surface area contributed by atoms with Crippen molar-refractivity contribution < 1.29 is 0 Å². The van der Waals surface area contributed by atoms with Gasteiger partial charge in [0.1, 0.15) is 0 Å². The van der Waals surface area contributed by atoms with Crippen molar-refractivity contribution in [2.75, 3.05) is 21.1 Å². The van der Waals surface area contributed by atoms with Gasteiger partial charge in [-0.25, -0.2) is 0 Å². The van der Waals surface area contributed by atoms with Crippen molar-refractivity contribution in [3.05, 3.63) is 0 Å². The first kappa shape index (κ1) is 9.35. The molecule has 0 rings (SSSR count). The Balaban J connectivity index is 0. The van der Waals surface area contributed by atoms with Gasteiger partial charge >= 0.3 is 29.6 Å². The summed E-state index contributed by atoms with van der Waals surface area (Å²) in [5, 5.41) is 0. The predicted molar refractivity (Wildman–Crippen MR) is 26.8 cm³/mol. The number of rotatable bonds is 0. The van der Waals surface area contributed by atoms with E-state index in [-0.39, 0.29) is 29.6 Å². The molecule has 0 heterocycles. The van der Waals surface area contributed by atoms with Crippen molar-refractivity contribution >= 4 is 29.6 Å². The maximum absolute atomic E-state index is 2.00. The molecule has 0 bridgehead atoms. The van der Waals surface area contributed by atoms with E-state index in [1.54, 1.807) is 0 Å². The number of hydrogen-bond donors (Lipinski definition) is 0. The molecule has 0 aliphatic rings. The Labute approximate surface area is 55.6 Å². The Kier molecular flexibility index (Phi) is 9.28. The zero-order chi connectivity index (χ0) is 3.58. The summed E-state index contributed by atoms with van der Waals surface area (Å²) in [4.78, 5) is 2.00. The van der Waals surface area contributed by atoms with E-state index in [0.717, 1.165) is 0 Å². The van der Waals surface area contributed by atoms with Gasteiger partial charge in [-0.1, -0.05) is 0 Å². The summed E-state index contributed by atoms with van der Waals surface area (Å²) in [5.74, 6) is 0.